The molecule has 0 bridgehead atoms. The van der Waals surface area contributed by atoms with Gasteiger partial charge in [0.1, 0.15) is 0 Å². The fraction of sp³-hybridized carbons (Fsp3) is 0.500. The van der Waals surface area contributed by atoms with Crippen LogP contribution >= 0.6 is 11.6 Å². The van der Waals surface area contributed by atoms with Crippen molar-refractivity contribution in [3.05, 3.63) is 29.3 Å². The van der Waals surface area contributed by atoms with Gasteiger partial charge in [-0.1, -0.05) is 11.6 Å². The van der Waals surface area contributed by atoms with Crippen molar-refractivity contribution in [2.24, 2.45) is 0 Å². The SMILES string of the molecule is O=C(NC1CC1)N1CCN(c2ccc(Cl)cc2)CC1. The zero-order chi connectivity index (χ0) is 13.2. The van der Waals surface area contributed by atoms with Crippen molar-refractivity contribution in [3.63, 3.8) is 0 Å². The van der Waals surface area contributed by atoms with E-state index in [0.29, 0.717) is 6.04 Å². The number of hydrogen-bond acceptors (Lipinski definition) is 2. The largest absolute Gasteiger partial charge is 0.368 e. The van der Waals surface area contributed by atoms with Crippen molar-refractivity contribution in [2.75, 3.05) is 31.1 Å². The van der Waals surface area contributed by atoms with Gasteiger partial charge in [0.25, 0.3) is 0 Å². The van der Waals surface area contributed by atoms with Gasteiger partial charge in [0.2, 0.25) is 0 Å². The third kappa shape index (κ3) is 3.13. The highest BCUT2D eigenvalue weighted by atomic mass is 35.5. The van der Waals surface area contributed by atoms with Crippen molar-refractivity contribution in [1.29, 1.82) is 0 Å². The lowest BCUT2D eigenvalue weighted by Gasteiger charge is -2.36. The van der Waals surface area contributed by atoms with Gasteiger partial charge in [0.05, 0.1) is 0 Å². The number of hydrogen-bond donors (Lipinski definition) is 1. The third-order valence-corrected chi connectivity index (χ3v) is 3.92. The lowest BCUT2D eigenvalue weighted by atomic mass is 10.2. The van der Waals surface area contributed by atoms with E-state index in [4.69, 9.17) is 11.6 Å². The maximum Gasteiger partial charge on any atom is 0.317 e. The zero-order valence-electron chi connectivity index (χ0n) is 10.8. The fourth-order valence-electron chi connectivity index (χ4n) is 2.31. The number of nitrogens with one attached hydrogen (secondary N) is 1. The molecule has 1 saturated heterocycles. The van der Waals surface area contributed by atoms with Crippen molar-refractivity contribution < 1.29 is 4.79 Å². The summed E-state index contributed by atoms with van der Waals surface area (Å²) in [4.78, 5) is 16.1. The maximum atomic E-state index is 11.9. The molecule has 102 valence electrons. The number of halogens is 1. The van der Waals surface area contributed by atoms with Gasteiger partial charge < -0.3 is 15.1 Å². The van der Waals surface area contributed by atoms with E-state index in [1.165, 1.54) is 5.69 Å². The predicted octanol–water partition coefficient (Wildman–Crippen LogP) is 2.33. The molecule has 3 rings (SSSR count). The fourth-order valence-corrected chi connectivity index (χ4v) is 2.44. The molecule has 0 unspecified atom stereocenters. The van der Waals surface area contributed by atoms with Crippen LogP contribution in [-0.2, 0) is 0 Å². The van der Waals surface area contributed by atoms with E-state index in [2.05, 4.69) is 10.2 Å². The van der Waals surface area contributed by atoms with E-state index in [-0.39, 0.29) is 6.03 Å². The quantitative estimate of drug-likeness (QED) is 0.902. The lowest BCUT2D eigenvalue weighted by molar-refractivity contribution is 0.194. The minimum atomic E-state index is 0.0956. The molecule has 1 N–H and O–H groups in total. The molecular weight excluding hydrogens is 262 g/mol. The standard InChI is InChI=1S/C14H18ClN3O/c15-11-1-5-13(6-2-11)17-7-9-18(10-8-17)14(19)16-12-3-4-12/h1-2,5-6,12H,3-4,7-10H2,(H,16,19). The first-order valence-electron chi connectivity index (χ1n) is 6.78. The minimum absolute atomic E-state index is 0.0956. The number of rotatable bonds is 2. The summed E-state index contributed by atoms with van der Waals surface area (Å²) in [6, 6.07) is 8.40. The Balaban J connectivity index is 1.53. The summed E-state index contributed by atoms with van der Waals surface area (Å²) in [5.41, 5.74) is 1.17. The number of amides is 2. The van der Waals surface area contributed by atoms with Gasteiger partial charge in [-0.15, -0.1) is 0 Å². The van der Waals surface area contributed by atoms with E-state index in [0.717, 1.165) is 44.0 Å². The van der Waals surface area contributed by atoms with Gasteiger partial charge in [-0.25, -0.2) is 4.79 Å². The van der Waals surface area contributed by atoms with Gasteiger partial charge in [-0.05, 0) is 37.1 Å². The lowest BCUT2D eigenvalue weighted by Crippen LogP contribution is -2.52. The van der Waals surface area contributed by atoms with E-state index in [9.17, 15) is 4.79 Å². The van der Waals surface area contributed by atoms with Crippen LogP contribution in [0.3, 0.4) is 0 Å². The molecule has 1 aromatic carbocycles. The Bertz CT molecular complexity index is 450. The molecule has 2 fully saturated rings. The Morgan fingerprint density at radius 1 is 1.11 bits per heavy atom. The highest BCUT2D eigenvalue weighted by Gasteiger charge is 2.27. The molecule has 0 aromatic heterocycles. The van der Waals surface area contributed by atoms with Crippen LogP contribution in [0.2, 0.25) is 5.02 Å². The van der Waals surface area contributed by atoms with E-state index in [1.807, 2.05) is 29.2 Å². The molecule has 2 amide bonds. The van der Waals surface area contributed by atoms with Crippen molar-refractivity contribution >= 4 is 23.3 Å². The Morgan fingerprint density at radius 2 is 1.74 bits per heavy atom. The first-order valence-corrected chi connectivity index (χ1v) is 7.16. The number of urea groups is 1. The average Bonchev–Trinajstić information content (AvgIpc) is 3.24. The molecule has 1 aromatic rings. The first-order chi connectivity index (χ1) is 9.22. The Kier molecular flexibility index (Phi) is 3.51. The van der Waals surface area contributed by atoms with E-state index < -0.39 is 0 Å². The number of carbonyl (C=O) groups is 1. The molecule has 19 heavy (non-hydrogen) atoms. The number of nitrogens with zero attached hydrogens (tertiary/aromatic N) is 2. The molecule has 1 heterocycles. The van der Waals surface area contributed by atoms with Gasteiger partial charge in [0, 0.05) is 42.9 Å². The predicted molar refractivity (Wildman–Crippen MR) is 76.8 cm³/mol. The van der Waals surface area contributed by atoms with Crippen LogP contribution in [0.4, 0.5) is 10.5 Å². The third-order valence-electron chi connectivity index (χ3n) is 3.66. The van der Waals surface area contributed by atoms with Crippen molar-refractivity contribution in [1.82, 2.24) is 10.2 Å². The number of benzene rings is 1. The summed E-state index contributed by atoms with van der Waals surface area (Å²) in [6.07, 6.45) is 2.27. The Morgan fingerprint density at radius 3 is 2.32 bits per heavy atom. The smallest absolute Gasteiger partial charge is 0.317 e. The summed E-state index contributed by atoms with van der Waals surface area (Å²) in [5.74, 6) is 0. The van der Waals surface area contributed by atoms with Gasteiger partial charge in [-0.3, -0.25) is 0 Å². The minimum Gasteiger partial charge on any atom is -0.368 e. The summed E-state index contributed by atoms with van der Waals surface area (Å²) in [7, 11) is 0. The molecule has 2 aliphatic rings. The second kappa shape index (κ2) is 5.29. The molecule has 1 aliphatic heterocycles. The van der Waals surface area contributed by atoms with Crippen LogP contribution in [0.5, 0.6) is 0 Å². The van der Waals surface area contributed by atoms with E-state index >= 15 is 0 Å². The second-order valence-corrected chi connectivity index (χ2v) is 5.61. The second-order valence-electron chi connectivity index (χ2n) is 5.17. The molecule has 0 radical (unpaired) electrons. The van der Waals surface area contributed by atoms with Crippen LogP contribution in [0.25, 0.3) is 0 Å². The van der Waals surface area contributed by atoms with Gasteiger partial charge in [-0.2, -0.15) is 0 Å². The average molecular weight is 280 g/mol. The Labute approximate surface area is 118 Å². The molecule has 4 nitrogen and oxygen atoms in total. The Hall–Kier alpha value is -1.42. The van der Waals surface area contributed by atoms with Crippen LogP contribution in [0.15, 0.2) is 24.3 Å². The molecule has 0 atom stereocenters. The molecule has 1 aliphatic carbocycles. The van der Waals surface area contributed by atoms with Crippen LogP contribution in [0.1, 0.15) is 12.8 Å². The first kappa shape index (κ1) is 12.6. The zero-order valence-corrected chi connectivity index (χ0v) is 11.6. The van der Waals surface area contributed by atoms with Crippen molar-refractivity contribution in [3.8, 4) is 0 Å². The summed E-state index contributed by atoms with van der Waals surface area (Å²) < 4.78 is 0. The van der Waals surface area contributed by atoms with Crippen LogP contribution in [-0.4, -0.2) is 43.2 Å². The summed E-state index contributed by atoms with van der Waals surface area (Å²) >= 11 is 5.89. The van der Waals surface area contributed by atoms with Crippen molar-refractivity contribution in [2.45, 2.75) is 18.9 Å². The van der Waals surface area contributed by atoms with Crippen LogP contribution < -0.4 is 10.2 Å². The van der Waals surface area contributed by atoms with E-state index in [1.54, 1.807) is 0 Å². The highest BCUT2D eigenvalue weighted by Crippen LogP contribution is 2.21. The molecule has 0 spiro atoms. The van der Waals surface area contributed by atoms with Gasteiger partial charge in [0.15, 0.2) is 0 Å². The summed E-state index contributed by atoms with van der Waals surface area (Å²) in [5, 5.41) is 3.79. The maximum absolute atomic E-state index is 11.9. The molecule has 5 heteroatoms. The number of piperazine rings is 1. The normalized spacial score (nSPS) is 19.4. The highest BCUT2D eigenvalue weighted by molar-refractivity contribution is 6.30. The topological polar surface area (TPSA) is 35.6 Å². The molecule has 1 saturated carbocycles. The molecular formula is C14H18ClN3O. The van der Waals surface area contributed by atoms with Gasteiger partial charge >= 0.3 is 6.03 Å². The summed E-state index contributed by atoms with van der Waals surface area (Å²) in [6.45, 7) is 3.31. The number of anilines is 1. The monoisotopic (exact) mass is 279 g/mol. The number of carbonyl (C=O) groups excluding carboxylic acids is 1. The van der Waals surface area contributed by atoms with Crippen LogP contribution in [0, 0.1) is 0 Å².